The third kappa shape index (κ3) is 3.91. The van der Waals surface area contributed by atoms with Crippen LogP contribution in [0.25, 0.3) is 0 Å². The van der Waals surface area contributed by atoms with Crippen molar-refractivity contribution in [3.05, 3.63) is 65.7 Å². The first-order valence-electron chi connectivity index (χ1n) is 6.82. The van der Waals surface area contributed by atoms with Crippen molar-refractivity contribution in [3.8, 4) is 0 Å². The molecule has 0 aliphatic rings. The largest absolute Gasteiger partial charge is 0.0740 e. The minimum absolute atomic E-state index is 0.0897. The molecule has 0 fully saturated rings. The molecule has 0 nitrogen and oxygen atoms in total. The molecule has 0 bridgehead atoms. The Morgan fingerprint density at radius 3 is 1.95 bits per heavy atom. The highest BCUT2D eigenvalue weighted by molar-refractivity contribution is 7.64. The maximum atomic E-state index is 2.36. The number of rotatable bonds is 3. The number of benzene rings is 2. The Morgan fingerprint density at radius 1 is 0.842 bits per heavy atom. The summed E-state index contributed by atoms with van der Waals surface area (Å²) in [6, 6.07) is 20.0. The molecule has 1 atom stereocenters. The third-order valence-corrected chi connectivity index (χ3v) is 5.46. The lowest BCUT2D eigenvalue weighted by atomic mass is 9.87. The molecular formula is C18H23P. The molecule has 0 aliphatic carbocycles. The second kappa shape index (κ2) is 5.88. The van der Waals surface area contributed by atoms with Gasteiger partial charge in [-0.2, -0.15) is 0 Å². The fourth-order valence-electron chi connectivity index (χ4n) is 2.16. The van der Waals surface area contributed by atoms with Gasteiger partial charge in [0.1, 0.15) is 0 Å². The minimum Gasteiger partial charge on any atom is -0.0740 e. The summed E-state index contributed by atoms with van der Waals surface area (Å²) in [5.74, 6) is 0. The summed E-state index contributed by atoms with van der Waals surface area (Å²) in [7, 11) is -0.0897. The molecule has 0 spiro atoms. The molecule has 2 rings (SSSR count). The lowest BCUT2D eigenvalue weighted by molar-refractivity contribution is 0.590. The quantitative estimate of drug-likeness (QED) is 0.694. The van der Waals surface area contributed by atoms with Crippen LogP contribution in [0.15, 0.2) is 54.6 Å². The predicted octanol–water partition coefficient (Wildman–Crippen LogP) is 4.92. The van der Waals surface area contributed by atoms with E-state index < -0.39 is 0 Å². The number of hydrogen-bond donors (Lipinski definition) is 0. The van der Waals surface area contributed by atoms with Gasteiger partial charge in [-0.25, -0.2) is 0 Å². The Hall–Kier alpha value is -1.13. The van der Waals surface area contributed by atoms with Crippen molar-refractivity contribution in [3.63, 3.8) is 0 Å². The summed E-state index contributed by atoms with van der Waals surface area (Å²) in [6.45, 7) is 9.15. The molecule has 0 aromatic heterocycles. The molecule has 19 heavy (non-hydrogen) atoms. The minimum atomic E-state index is -0.0897. The summed E-state index contributed by atoms with van der Waals surface area (Å²) in [6.07, 6.45) is 1.17. The van der Waals surface area contributed by atoms with Gasteiger partial charge in [0.25, 0.3) is 0 Å². The van der Waals surface area contributed by atoms with Crippen molar-refractivity contribution in [1.29, 1.82) is 0 Å². The molecule has 0 amide bonds. The zero-order valence-corrected chi connectivity index (χ0v) is 13.2. The molecule has 1 heteroatoms. The lowest BCUT2D eigenvalue weighted by Crippen LogP contribution is -2.10. The highest BCUT2D eigenvalue weighted by atomic mass is 31.1. The van der Waals surface area contributed by atoms with Crippen molar-refractivity contribution in [1.82, 2.24) is 0 Å². The van der Waals surface area contributed by atoms with E-state index in [1.807, 2.05) is 0 Å². The predicted molar refractivity (Wildman–Crippen MR) is 87.8 cm³/mol. The Bertz CT molecular complexity index is 506. The van der Waals surface area contributed by atoms with Crippen LogP contribution in [-0.4, -0.2) is 6.66 Å². The maximum absolute atomic E-state index is 2.36. The van der Waals surface area contributed by atoms with Gasteiger partial charge in [0, 0.05) is 0 Å². The van der Waals surface area contributed by atoms with Gasteiger partial charge in [-0.3, -0.25) is 0 Å². The second-order valence-corrected chi connectivity index (χ2v) is 8.37. The number of hydrogen-bond acceptors (Lipinski definition) is 0. The summed E-state index contributed by atoms with van der Waals surface area (Å²) in [5, 5.41) is 1.48. The molecule has 2 aromatic carbocycles. The van der Waals surface area contributed by atoms with Crippen molar-refractivity contribution < 1.29 is 0 Å². The molecule has 0 radical (unpaired) electrons. The third-order valence-electron chi connectivity index (χ3n) is 3.44. The highest BCUT2D eigenvalue weighted by Crippen LogP contribution is 2.34. The Balaban J connectivity index is 2.08. The summed E-state index contributed by atoms with van der Waals surface area (Å²) in [5.41, 5.74) is 3.11. The molecule has 2 aromatic rings. The van der Waals surface area contributed by atoms with E-state index in [1.54, 1.807) is 0 Å². The molecule has 0 saturated heterocycles. The topological polar surface area (TPSA) is 0 Å². The summed E-state index contributed by atoms with van der Waals surface area (Å²) in [4.78, 5) is 0. The summed E-state index contributed by atoms with van der Waals surface area (Å²) < 4.78 is 0. The van der Waals surface area contributed by atoms with Crippen LogP contribution in [-0.2, 0) is 11.6 Å². The van der Waals surface area contributed by atoms with Crippen LogP contribution in [0.2, 0.25) is 0 Å². The van der Waals surface area contributed by atoms with Gasteiger partial charge in [0.2, 0.25) is 0 Å². The van der Waals surface area contributed by atoms with Crippen LogP contribution in [0.3, 0.4) is 0 Å². The van der Waals surface area contributed by atoms with E-state index in [1.165, 1.54) is 22.6 Å². The molecule has 1 unspecified atom stereocenters. The average Bonchev–Trinajstić information content (AvgIpc) is 2.39. The van der Waals surface area contributed by atoms with Gasteiger partial charge in [-0.1, -0.05) is 83.3 Å². The first-order chi connectivity index (χ1) is 8.97. The lowest BCUT2D eigenvalue weighted by Gasteiger charge is -2.20. The van der Waals surface area contributed by atoms with Crippen molar-refractivity contribution in [2.24, 2.45) is 0 Å². The van der Waals surface area contributed by atoms with E-state index in [0.717, 1.165) is 0 Å². The smallest absolute Gasteiger partial charge is 0.00353 e. The van der Waals surface area contributed by atoms with Crippen LogP contribution in [0, 0.1) is 0 Å². The van der Waals surface area contributed by atoms with Crippen molar-refractivity contribution in [2.45, 2.75) is 32.3 Å². The fourth-order valence-corrected chi connectivity index (χ4v) is 3.78. The van der Waals surface area contributed by atoms with Crippen LogP contribution < -0.4 is 5.30 Å². The Kier molecular flexibility index (Phi) is 4.42. The molecule has 0 heterocycles. The van der Waals surface area contributed by atoms with Crippen LogP contribution in [0.1, 0.15) is 31.9 Å². The molecule has 0 aliphatic heterocycles. The van der Waals surface area contributed by atoms with E-state index in [4.69, 9.17) is 0 Å². The first kappa shape index (κ1) is 14.3. The maximum Gasteiger partial charge on any atom is -0.00353 e. The Labute approximate surface area is 118 Å². The zero-order valence-electron chi connectivity index (χ0n) is 12.4. The van der Waals surface area contributed by atoms with Gasteiger partial charge >= 0.3 is 0 Å². The first-order valence-corrected chi connectivity index (χ1v) is 8.80. The molecular weight excluding hydrogens is 247 g/mol. The van der Waals surface area contributed by atoms with Crippen LogP contribution in [0.5, 0.6) is 0 Å². The molecule has 0 saturated carbocycles. The SMILES string of the molecule is CP(Cc1ccc(C(C)(C)C)cc1)c1ccccc1. The van der Waals surface area contributed by atoms with E-state index in [-0.39, 0.29) is 13.3 Å². The average molecular weight is 270 g/mol. The normalized spacial score (nSPS) is 13.3. The van der Waals surface area contributed by atoms with Crippen LogP contribution in [0.4, 0.5) is 0 Å². The molecule has 100 valence electrons. The van der Waals surface area contributed by atoms with Gasteiger partial charge in [-0.15, -0.1) is 0 Å². The van der Waals surface area contributed by atoms with Crippen molar-refractivity contribution >= 4 is 13.2 Å². The van der Waals surface area contributed by atoms with E-state index in [2.05, 4.69) is 82.0 Å². The van der Waals surface area contributed by atoms with Crippen LogP contribution >= 0.6 is 7.92 Å². The monoisotopic (exact) mass is 270 g/mol. The zero-order chi connectivity index (χ0) is 13.9. The second-order valence-electron chi connectivity index (χ2n) is 6.14. The van der Waals surface area contributed by atoms with Gasteiger partial charge in [-0.05, 0) is 34.7 Å². The van der Waals surface area contributed by atoms with E-state index >= 15 is 0 Å². The van der Waals surface area contributed by atoms with E-state index in [9.17, 15) is 0 Å². The summed E-state index contributed by atoms with van der Waals surface area (Å²) >= 11 is 0. The highest BCUT2D eigenvalue weighted by Gasteiger charge is 2.13. The van der Waals surface area contributed by atoms with Gasteiger partial charge in [0.05, 0.1) is 0 Å². The van der Waals surface area contributed by atoms with Crippen molar-refractivity contribution in [2.75, 3.05) is 6.66 Å². The fraction of sp³-hybridized carbons (Fsp3) is 0.333. The standard InChI is InChI=1S/C18H23P/c1-18(2,3)16-12-10-15(11-13-16)14-19(4)17-8-6-5-7-9-17/h5-13H,14H2,1-4H3. The van der Waals surface area contributed by atoms with E-state index in [0.29, 0.717) is 0 Å². The Morgan fingerprint density at radius 2 is 1.42 bits per heavy atom. The van der Waals surface area contributed by atoms with Gasteiger partial charge < -0.3 is 0 Å². The van der Waals surface area contributed by atoms with Gasteiger partial charge in [0.15, 0.2) is 0 Å². The molecule has 0 N–H and O–H groups in total.